The van der Waals surface area contributed by atoms with Gasteiger partial charge in [-0.3, -0.25) is 0 Å². The van der Waals surface area contributed by atoms with Crippen LogP contribution >= 0.6 is 23.4 Å². The van der Waals surface area contributed by atoms with Gasteiger partial charge in [-0.25, -0.2) is 15.0 Å². The van der Waals surface area contributed by atoms with Crippen molar-refractivity contribution in [3.63, 3.8) is 0 Å². The fourth-order valence-electron chi connectivity index (χ4n) is 4.66. The number of nitrogens with zero attached hydrogens (tertiary/aromatic N) is 4. The zero-order chi connectivity index (χ0) is 20.7. The Kier molecular flexibility index (Phi) is 5.05. The van der Waals surface area contributed by atoms with Gasteiger partial charge in [-0.05, 0) is 53.6 Å². The van der Waals surface area contributed by atoms with Crippen LogP contribution in [0.3, 0.4) is 0 Å². The van der Waals surface area contributed by atoms with Gasteiger partial charge < -0.3 is 16.4 Å². The molecule has 0 radical (unpaired) electrons. The molecule has 0 bridgehead atoms. The quantitative estimate of drug-likeness (QED) is 0.594. The molecular formula is C22H23ClN6S. The van der Waals surface area contributed by atoms with E-state index in [2.05, 4.69) is 44.1 Å². The van der Waals surface area contributed by atoms with Crippen LogP contribution in [0.1, 0.15) is 30.0 Å². The molecule has 4 N–H and O–H groups in total. The summed E-state index contributed by atoms with van der Waals surface area (Å²) in [5.41, 5.74) is 16.4. The van der Waals surface area contributed by atoms with Gasteiger partial charge >= 0.3 is 0 Å². The van der Waals surface area contributed by atoms with Crippen LogP contribution in [0.2, 0.25) is 5.02 Å². The van der Waals surface area contributed by atoms with Crippen LogP contribution in [0.15, 0.2) is 59.0 Å². The normalized spacial score (nSPS) is 19.8. The lowest BCUT2D eigenvalue weighted by Gasteiger charge is -2.42. The molecule has 1 fully saturated rings. The lowest BCUT2D eigenvalue weighted by molar-refractivity contribution is 0.187. The Morgan fingerprint density at radius 2 is 1.80 bits per heavy atom. The number of hydrogen-bond donors (Lipinski definition) is 2. The number of hydrogen-bond acceptors (Lipinski definition) is 7. The van der Waals surface area contributed by atoms with Crippen LogP contribution in [0.5, 0.6) is 0 Å². The number of fused-ring (bicyclic) bond motifs is 1. The smallest absolute Gasteiger partial charge is 0.192 e. The number of rotatable bonds is 3. The van der Waals surface area contributed by atoms with Crippen molar-refractivity contribution < 1.29 is 0 Å². The molecule has 0 unspecified atom stereocenters. The van der Waals surface area contributed by atoms with Crippen LogP contribution in [0.4, 0.5) is 11.5 Å². The molecule has 6 nitrogen and oxygen atoms in total. The summed E-state index contributed by atoms with van der Waals surface area (Å²) >= 11 is 7.60. The van der Waals surface area contributed by atoms with Crippen molar-refractivity contribution in [3.05, 3.63) is 65.1 Å². The maximum absolute atomic E-state index is 6.69. The highest BCUT2D eigenvalue weighted by Gasteiger charge is 2.45. The summed E-state index contributed by atoms with van der Waals surface area (Å²) < 4.78 is 0. The van der Waals surface area contributed by atoms with Gasteiger partial charge in [0.1, 0.15) is 5.82 Å². The molecule has 1 aliphatic heterocycles. The second kappa shape index (κ2) is 7.72. The third-order valence-electron chi connectivity index (χ3n) is 6.41. The van der Waals surface area contributed by atoms with E-state index in [1.165, 1.54) is 22.9 Å². The summed E-state index contributed by atoms with van der Waals surface area (Å²) in [6, 6.07) is 10.6. The zero-order valence-electron chi connectivity index (χ0n) is 16.5. The minimum atomic E-state index is 0.128. The van der Waals surface area contributed by atoms with E-state index in [9.17, 15) is 0 Å². The number of nitrogen functional groups attached to an aromatic ring is 1. The molecule has 0 amide bonds. The first kappa shape index (κ1) is 19.6. The Morgan fingerprint density at radius 3 is 2.53 bits per heavy atom. The van der Waals surface area contributed by atoms with Crippen LogP contribution in [-0.4, -0.2) is 28.0 Å². The zero-order valence-corrected chi connectivity index (χ0v) is 18.0. The molecule has 1 atom stereocenters. The van der Waals surface area contributed by atoms with Gasteiger partial charge in [-0.1, -0.05) is 35.9 Å². The number of benzene rings is 1. The second-order valence-corrected chi connectivity index (χ2v) is 9.42. The van der Waals surface area contributed by atoms with E-state index in [4.69, 9.17) is 23.1 Å². The molecule has 1 spiro atoms. The average Bonchev–Trinajstić information content (AvgIpc) is 3.04. The van der Waals surface area contributed by atoms with Gasteiger partial charge in [0.2, 0.25) is 0 Å². The van der Waals surface area contributed by atoms with Crippen LogP contribution < -0.4 is 16.4 Å². The first-order chi connectivity index (χ1) is 14.6. The Morgan fingerprint density at radius 1 is 1.07 bits per heavy atom. The van der Waals surface area contributed by atoms with Gasteiger partial charge in [0.25, 0.3) is 0 Å². The number of anilines is 2. The lowest BCUT2D eigenvalue weighted by atomic mass is 9.73. The molecule has 8 heteroatoms. The third-order valence-corrected chi connectivity index (χ3v) is 7.88. The second-order valence-electron chi connectivity index (χ2n) is 8.04. The predicted octanol–water partition coefficient (Wildman–Crippen LogP) is 4.10. The molecule has 154 valence electrons. The first-order valence-electron chi connectivity index (χ1n) is 10.0. The van der Waals surface area contributed by atoms with E-state index in [1.807, 2.05) is 18.5 Å². The highest BCUT2D eigenvalue weighted by atomic mass is 35.5. The third kappa shape index (κ3) is 3.41. The van der Waals surface area contributed by atoms with Crippen molar-refractivity contribution in [2.45, 2.75) is 35.4 Å². The van der Waals surface area contributed by atoms with E-state index in [0.717, 1.165) is 42.9 Å². The van der Waals surface area contributed by atoms with Gasteiger partial charge in [0.05, 0.1) is 23.1 Å². The summed E-state index contributed by atoms with van der Waals surface area (Å²) in [5, 5.41) is 1.07. The van der Waals surface area contributed by atoms with Crippen molar-refractivity contribution in [1.29, 1.82) is 0 Å². The van der Waals surface area contributed by atoms with Crippen LogP contribution in [-0.2, 0) is 6.42 Å². The van der Waals surface area contributed by atoms with Crippen LogP contribution in [0.25, 0.3) is 0 Å². The number of aromatic nitrogens is 3. The fourth-order valence-corrected chi connectivity index (χ4v) is 5.62. The standard InChI is InChI=1S/C22H23ClN6S/c23-18-17(5-8-26-20(18)25)30-21-27-12-15(13-28-21)29-9-6-22(7-10-29)11-14-3-1-2-4-16(14)19(22)24/h1-5,8,12-13,19H,6-7,9-11,24H2,(H2,25,26)/t19-/m1/s1. The largest absolute Gasteiger partial charge is 0.382 e. The molecule has 30 heavy (non-hydrogen) atoms. The van der Waals surface area contributed by atoms with Crippen LogP contribution in [0, 0.1) is 5.41 Å². The molecule has 3 heterocycles. The Hall–Kier alpha value is -2.35. The van der Waals surface area contributed by atoms with Crippen molar-refractivity contribution in [1.82, 2.24) is 15.0 Å². The molecule has 1 aromatic carbocycles. The van der Waals surface area contributed by atoms with Crippen molar-refractivity contribution in [2.75, 3.05) is 23.7 Å². The van der Waals surface area contributed by atoms with E-state index >= 15 is 0 Å². The SMILES string of the molecule is Nc1nccc(Sc2ncc(N3CCC4(CC3)Cc3ccccc3[C@H]4N)cn2)c1Cl. The molecule has 1 aliphatic carbocycles. The van der Waals surface area contributed by atoms with Crippen molar-refractivity contribution in [3.8, 4) is 0 Å². The Labute approximate surface area is 185 Å². The summed E-state index contributed by atoms with van der Waals surface area (Å²) in [6.07, 6.45) is 8.63. The van der Waals surface area contributed by atoms with E-state index < -0.39 is 0 Å². The van der Waals surface area contributed by atoms with E-state index in [0.29, 0.717) is 16.0 Å². The predicted molar refractivity (Wildman–Crippen MR) is 121 cm³/mol. The van der Waals surface area contributed by atoms with Gasteiger partial charge in [0.15, 0.2) is 5.16 Å². The maximum atomic E-state index is 6.69. The van der Waals surface area contributed by atoms with E-state index in [-0.39, 0.29) is 11.5 Å². The Bertz CT molecular complexity index is 1070. The highest BCUT2D eigenvalue weighted by Crippen LogP contribution is 2.50. The van der Waals surface area contributed by atoms with Gasteiger partial charge in [-0.15, -0.1) is 0 Å². The molecular weight excluding hydrogens is 416 g/mol. The maximum Gasteiger partial charge on any atom is 0.192 e. The molecule has 3 aromatic rings. The topological polar surface area (TPSA) is 94.0 Å². The summed E-state index contributed by atoms with van der Waals surface area (Å²) in [7, 11) is 0. The number of halogens is 1. The van der Waals surface area contributed by atoms with Gasteiger partial charge in [-0.2, -0.15) is 0 Å². The minimum Gasteiger partial charge on any atom is -0.382 e. The summed E-state index contributed by atoms with van der Waals surface area (Å²) in [6.45, 7) is 1.93. The molecule has 0 saturated carbocycles. The number of piperidine rings is 1. The number of nitrogens with two attached hydrogens (primary N) is 2. The minimum absolute atomic E-state index is 0.128. The summed E-state index contributed by atoms with van der Waals surface area (Å²) in [4.78, 5) is 16.2. The molecule has 2 aromatic heterocycles. The summed E-state index contributed by atoms with van der Waals surface area (Å²) in [5.74, 6) is 0.313. The highest BCUT2D eigenvalue weighted by molar-refractivity contribution is 7.99. The van der Waals surface area contributed by atoms with E-state index in [1.54, 1.807) is 6.20 Å². The molecule has 2 aliphatic rings. The number of pyridine rings is 1. The fraction of sp³-hybridized carbons (Fsp3) is 0.318. The average molecular weight is 439 g/mol. The van der Waals surface area contributed by atoms with Crippen molar-refractivity contribution in [2.24, 2.45) is 11.1 Å². The Balaban J connectivity index is 1.26. The molecule has 1 saturated heterocycles. The van der Waals surface area contributed by atoms with Crippen molar-refractivity contribution >= 4 is 34.9 Å². The lowest BCUT2D eigenvalue weighted by Crippen LogP contribution is -2.44. The van der Waals surface area contributed by atoms with Gasteiger partial charge in [0, 0.05) is 30.2 Å². The first-order valence-corrected chi connectivity index (χ1v) is 11.2. The monoisotopic (exact) mass is 438 g/mol. The molecule has 5 rings (SSSR count).